The zero-order valence-electron chi connectivity index (χ0n) is 8.87. The maximum absolute atomic E-state index is 10.8. The summed E-state index contributed by atoms with van der Waals surface area (Å²) in [6.45, 7) is 3.47. The number of hydrogen-bond donors (Lipinski definition) is 1. The SMILES string of the molecule is COc1cc(C)c(C(C)C(=O)O)cc1Cl. The standard InChI is InChI=1S/C11H13ClO3/c1-6-4-10(15-3)9(12)5-8(6)7(2)11(13)14/h4-5,7H,1-3H3,(H,13,14). The molecule has 0 amide bonds. The van der Waals surface area contributed by atoms with Gasteiger partial charge in [0.05, 0.1) is 18.1 Å². The van der Waals surface area contributed by atoms with E-state index in [1.165, 1.54) is 7.11 Å². The number of methoxy groups -OCH3 is 1. The van der Waals surface area contributed by atoms with E-state index in [0.717, 1.165) is 5.56 Å². The van der Waals surface area contributed by atoms with E-state index in [1.807, 2.05) is 6.92 Å². The number of benzene rings is 1. The van der Waals surface area contributed by atoms with E-state index in [2.05, 4.69) is 0 Å². The van der Waals surface area contributed by atoms with Gasteiger partial charge in [-0.3, -0.25) is 4.79 Å². The van der Waals surface area contributed by atoms with Gasteiger partial charge in [-0.25, -0.2) is 0 Å². The lowest BCUT2D eigenvalue weighted by Crippen LogP contribution is -2.09. The van der Waals surface area contributed by atoms with Crippen molar-refractivity contribution in [2.45, 2.75) is 19.8 Å². The molecule has 0 radical (unpaired) electrons. The van der Waals surface area contributed by atoms with E-state index in [9.17, 15) is 4.79 Å². The van der Waals surface area contributed by atoms with Gasteiger partial charge in [0.2, 0.25) is 0 Å². The Morgan fingerprint density at radius 1 is 1.53 bits per heavy atom. The third-order valence-corrected chi connectivity index (χ3v) is 2.67. The van der Waals surface area contributed by atoms with Crippen molar-refractivity contribution < 1.29 is 14.6 Å². The summed E-state index contributed by atoms with van der Waals surface area (Å²) >= 11 is 5.93. The van der Waals surface area contributed by atoms with E-state index in [4.69, 9.17) is 21.4 Å². The van der Waals surface area contributed by atoms with Gasteiger partial charge in [0.15, 0.2) is 0 Å². The van der Waals surface area contributed by atoms with Gasteiger partial charge in [-0.05, 0) is 37.1 Å². The first-order valence-corrected chi connectivity index (χ1v) is 4.92. The Morgan fingerprint density at radius 3 is 2.60 bits per heavy atom. The van der Waals surface area contributed by atoms with E-state index < -0.39 is 11.9 Å². The first-order valence-electron chi connectivity index (χ1n) is 4.54. The topological polar surface area (TPSA) is 46.5 Å². The number of rotatable bonds is 3. The molecule has 0 heterocycles. The molecule has 0 bridgehead atoms. The van der Waals surface area contributed by atoms with E-state index in [0.29, 0.717) is 16.3 Å². The van der Waals surface area contributed by atoms with Crippen molar-refractivity contribution in [2.24, 2.45) is 0 Å². The minimum absolute atomic E-state index is 0.436. The largest absolute Gasteiger partial charge is 0.495 e. The zero-order chi connectivity index (χ0) is 11.6. The van der Waals surface area contributed by atoms with Gasteiger partial charge in [-0.15, -0.1) is 0 Å². The Balaban J connectivity index is 3.21. The Hall–Kier alpha value is -1.22. The summed E-state index contributed by atoms with van der Waals surface area (Å²) in [5.74, 6) is -0.858. The Bertz CT molecular complexity index is 388. The highest BCUT2D eigenvalue weighted by atomic mass is 35.5. The third kappa shape index (κ3) is 2.42. The van der Waals surface area contributed by atoms with Crippen LogP contribution in [0.15, 0.2) is 12.1 Å². The van der Waals surface area contributed by atoms with Crippen LogP contribution in [0, 0.1) is 6.92 Å². The summed E-state index contributed by atoms with van der Waals surface area (Å²) in [5.41, 5.74) is 1.58. The molecule has 0 saturated heterocycles. The van der Waals surface area contributed by atoms with Gasteiger partial charge >= 0.3 is 5.97 Å². The number of halogens is 1. The van der Waals surface area contributed by atoms with Crippen LogP contribution in [0.2, 0.25) is 5.02 Å². The van der Waals surface area contributed by atoms with Crippen molar-refractivity contribution in [1.29, 1.82) is 0 Å². The lowest BCUT2D eigenvalue weighted by molar-refractivity contribution is -0.138. The minimum Gasteiger partial charge on any atom is -0.495 e. The molecule has 0 aliphatic heterocycles. The first-order chi connectivity index (χ1) is 6.97. The highest BCUT2D eigenvalue weighted by Gasteiger charge is 2.17. The van der Waals surface area contributed by atoms with Gasteiger partial charge in [0.1, 0.15) is 5.75 Å². The van der Waals surface area contributed by atoms with E-state index in [1.54, 1.807) is 19.1 Å². The van der Waals surface area contributed by atoms with Crippen LogP contribution < -0.4 is 4.74 Å². The van der Waals surface area contributed by atoms with Crippen LogP contribution in [0.1, 0.15) is 24.0 Å². The summed E-state index contributed by atoms with van der Waals surface area (Å²) in [4.78, 5) is 10.8. The summed E-state index contributed by atoms with van der Waals surface area (Å²) in [6.07, 6.45) is 0. The van der Waals surface area contributed by atoms with Crippen LogP contribution in [0.5, 0.6) is 5.75 Å². The number of carboxylic acid groups (broad SMARTS) is 1. The normalized spacial score (nSPS) is 12.3. The fraction of sp³-hybridized carbons (Fsp3) is 0.364. The number of aryl methyl sites for hydroxylation is 1. The quantitative estimate of drug-likeness (QED) is 0.865. The van der Waals surface area contributed by atoms with Gasteiger partial charge in [-0.1, -0.05) is 11.6 Å². The van der Waals surface area contributed by atoms with Crippen molar-refractivity contribution in [3.05, 3.63) is 28.3 Å². The highest BCUT2D eigenvalue weighted by molar-refractivity contribution is 6.32. The second-order valence-electron chi connectivity index (χ2n) is 3.40. The molecule has 1 N–H and O–H groups in total. The molecule has 15 heavy (non-hydrogen) atoms. The minimum atomic E-state index is -0.862. The summed E-state index contributed by atoms with van der Waals surface area (Å²) < 4.78 is 5.04. The number of aliphatic carboxylic acids is 1. The molecule has 0 spiro atoms. The molecular formula is C11H13ClO3. The van der Waals surface area contributed by atoms with E-state index >= 15 is 0 Å². The molecule has 0 aliphatic rings. The molecule has 1 atom stereocenters. The number of ether oxygens (including phenoxy) is 1. The summed E-state index contributed by atoms with van der Waals surface area (Å²) in [5, 5.41) is 9.34. The molecule has 0 fully saturated rings. The first kappa shape index (κ1) is 11.9. The van der Waals surface area contributed by atoms with Gasteiger partial charge < -0.3 is 9.84 Å². The van der Waals surface area contributed by atoms with Crippen LogP contribution in [0.3, 0.4) is 0 Å². The maximum Gasteiger partial charge on any atom is 0.310 e. The van der Waals surface area contributed by atoms with Crippen molar-refractivity contribution >= 4 is 17.6 Å². The molecule has 1 rings (SSSR count). The fourth-order valence-electron chi connectivity index (χ4n) is 1.43. The number of carboxylic acids is 1. The van der Waals surface area contributed by atoms with Gasteiger partial charge in [0.25, 0.3) is 0 Å². The lowest BCUT2D eigenvalue weighted by Gasteiger charge is -2.13. The van der Waals surface area contributed by atoms with Gasteiger partial charge in [0, 0.05) is 0 Å². The Kier molecular flexibility index (Phi) is 3.58. The molecule has 82 valence electrons. The molecule has 0 saturated carbocycles. The molecule has 1 unspecified atom stereocenters. The van der Waals surface area contributed by atoms with Crippen molar-refractivity contribution in [1.82, 2.24) is 0 Å². The van der Waals surface area contributed by atoms with Crippen LogP contribution >= 0.6 is 11.6 Å². The predicted molar refractivity (Wildman–Crippen MR) is 58.8 cm³/mol. The monoisotopic (exact) mass is 228 g/mol. The molecule has 4 heteroatoms. The van der Waals surface area contributed by atoms with Crippen LogP contribution in [0.4, 0.5) is 0 Å². The number of hydrogen-bond acceptors (Lipinski definition) is 2. The predicted octanol–water partition coefficient (Wildman–Crippen LogP) is 2.85. The summed E-state index contributed by atoms with van der Waals surface area (Å²) in [7, 11) is 1.53. The summed E-state index contributed by atoms with van der Waals surface area (Å²) in [6, 6.07) is 3.39. The highest BCUT2D eigenvalue weighted by Crippen LogP contribution is 2.31. The zero-order valence-corrected chi connectivity index (χ0v) is 9.63. The fourth-order valence-corrected chi connectivity index (χ4v) is 1.68. The van der Waals surface area contributed by atoms with Crippen LogP contribution in [-0.2, 0) is 4.79 Å². The molecule has 3 nitrogen and oxygen atoms in total. The maximum atomic E-state index is 10.8. The van der Waals surface area contributed by atoms with Crippen molar-refractivity contribution in [2.75, 3.05) is 7.11 Å². The molecule has 1 aromatic carbocycles. The van der Waals surface area contributed by atoms with Gasteiger partial charge in [-0.2, -0.15) is 0 Å². The van der Waals surface area contributed by atoms with Crippen molar-refractivity contribution in [3.63, 3.8) is 0 Å². The molecule has 0 aromatic heterocycles. The van der Waals surface area contributed by atoms with Crippen LogP contribution in [0.25, 0.3) is 0 Å². The lowest BCUT2D eigenvalue weighted by atomic mass is 9.96. The van der Waals surface area contributed by atoms with E-state index in [-0.39, 0.29) is 0 Å². The average molecular weight is 229 g/mol. The number of carbonyl (C=O) groups is 1. The second-order valence-corrected chi connectivity index (χ2v) is 3.81. The molecule has 1 aromatic rings. The smallest absolute Gasteiger partial charge is 0.310 e. The molecule has 0 aliphatic carbocycles. The second kappa shape index (κ2) is 4.53. The average Bonchev–Trinajstić information content (AvgIpc) is 2.19. The molecular weight excluding hydrogens is 216 g/mol. The Morgan fingerprint density at radius 2 is 2.13 bits per heavy atom. The van der Waals surface area contributed by atoms with Crippen molar-refractivity contribution in [3.8, 4) is 5.75 Å². The Labute approximate surface area is 93.6 Å². The van der Waals surface area contributed by atoms with Crippen LogP contribution in [-0.4, -0.2) is 18.2 Å². The third-order valence-electron chi connectivity index (χ3n) is 2.38.